The Labute approximate surface area is 98.5 Å². The third kappa shape index (κ3) is 2.77. The van der Waals surface area contributed by atoms with Crippen LogP contribution in [0, 0.1) is 5.92 Å². The molecule has 0 radical (unpaired) electrons. The number of likely N-dealkylation sites (tertiary alicyclic amines) is 1. The highest BCUT2D eigenvalue weighted by atomic mass is 19.4. The van der Waals surface area contributed by atoms with E-state index in [0.717, 1.165) is 5.56 Å². The van der Waals surface area contributed by atoms with Crippen LogP contribution in [0.3, 0.4) is 0 Å². The largest absolute Gasteiger partial charge is 0.391 e. The molecule has 17 heavy (non-hydrogen) atoms. The van der Waals surface area contributed by atoms with Gasteiger partial charge in [-0.3, -0.25) is 9.88 Å². The van der Waals surface area contributed by atoms with Gasteiger partial charge in [0.15, 0.2) is 0 Å². The number of halogens is 3. The van der Waals surface area contributed by atoms with Crippen molar-refractivity contribution in [1.82, 2.24) is 9.88 Å². The first kappa shape index (κ1) is 12.4. The van der Waals surface area contributed by atoms with Crippen molar-refractivity contribution in [3.05, 3.63) is 30.1 Å². The molecule has 94 valence electrons. The van der Waals surface area contributed by atoms with Gasteiger partial charge in [0.2, 0.25) is 0 Å². The number of rotatable bonds is 1. The van der Waals surface area contributed by atoms with E-state index < -0.39 is 12.1 Å². The maximum absolute atomic E-state index is 12.7. The second-order valence-corrected chi connectivity index (χ2v) is 4.55. The summed E-state index contributed by atoms with van der Waals surface area (Å²) in [5.74, 6) is -1.19. The van der Waals surface area contributed by atoms with Crippen LogP contribution in [0.15, 0.2) is 24.5 Å². The van der Waals surface area contributed by atoms with Gasteiger partial charge in [0, 0.05) is 18.4 Å². The number of nitrogens with zero attached hydrogens (tertiary/aromatic N) is 2. The summed E-state index contributed by atoms with van der Waals surface area (Å²) in [6, 6.07) is 3.43. The van der Waals surface area contributed by atoms with Crippen LogP contribution in [-0.2, 0) is 0 Å². The number of piperidine rings is 1. The van der Waals surface area contributed by atoms with Gasteiger partial charge < -0.3 is 0 Å². The van der Waals surface area contributed by atoms with Gasteiger partial charge in [-0.05, 0) is 38.1 Å². The van der Waals surface area contributed by atoms with Crippen LogP contribution in [0.25, 0.3) is 0 Å². The highest BCUT2D eigenvalue weighted by molar-refractivity contribution is 5.15. The predicted molar refractivity (Wildman–Crippen MR) is 58.4 cm³/mol. The number of alkyl halides is 3. The van der Waals surface area contributed by atoms with Gasteiger partial charge in [0.05, 0.1) is 5.92 Å². The zero-order valence-corrected chi connectivity index (χ0v) is 9.61. The van der Waals surface area contributed by atoms with Gasteiger partial charge in [0.25, 0.3) is 0 Å². The molecule has 1 aliphatic rings. The van der Waals surface area contributed by atoms with Crippen molar-refractivity contribution < 1.29 is 13.2 Å². The van der Waals surface area contributed by atoms with Crippen LogP contribution in [0.1, 0.15) is 24.4 Å². The molecule has 0 N–H and O–H groups in total. The lowest BCUT2D eigenvalue weighted by Crippen LogP contribution is -2.39. The van der Waals surface area contributed by atoms with Crippen LogP contribution in [0.5, 0.6) is 0 Å². The van der Waals surface area contributed by atoms with Crippen molar-refractivity contribution in [1.29, 1.82) is 0 Å². The van der Waals surface area contributed by atoms with Crippen molar-refractivity contribution >= 4 is 0 Å². The molecule has 2 rings (SSSR count). The van der Waals surface area contributed by atoms with Crippen molar-refractivity contribution in [3.8, 4) is 0 Å². The molecule has 0 spiro atoms. The Morgan fingerprint density at radius 2 is 2.18 bits per heavy atom. The molecule has 1 aromatic rings. The highest BCUT2D eigenvalue weighted by Crippen LogP contribution is 2.41. The van der Waals surface area contributed by atoms with Crippen LogP contribution in [0.4, 0.5) is 13.2 Å². The van der Waals surface area contributed by atoms with Crippen LogP contribution in [-0.4, -0.2) is 29.7 Å². The van der Waals surface area contributed by atoms with E-state index in [4.69, 9.17) is 0 Å². The zero-order chi connectivity index (χ0) is 12.5. The first-order chi connectivity index (χ1) is 7.98. The Kier molecular flexibility index (Phi) is 3.38. The average molecular weight is 244 g/mol. The van der Waals surface area contributed by atoms with E-state index in [0.29, 0.717) is 6.54 Å². The molecule has 1 aliphatic heterocycles. The van der Waals surface area contributed by atoms with Gasteiger partial charge in [-0.25, -0.2) is 0 Å². The lowest BCUT2D eigenvalue weighted by Gasteiger charge is -2.37. The zero-order valence-electron chi connectivity index (χ0n) is 9.61. The first-order valence-electron chi connectivity index (χ1n) is 5.65. The van der Waals surface area contributed by atoms with E-state index >= 15 is 0 Å². The normalized spacial score (nSPS) is 27.1. The van der Waals surface area contributed by atoms with E-state index in [2.05, 4.69) is 4.98 Å². The lowest BCUT2D eigenvalue weighted by atomic mass is 9.87. The Morgan fingerprint density at radius 1 is 1.41 bits per heavy atom. The summed E-state index contributed by atoms with van der Waals surface area (Å²) < 4.78 is 38.2. The van der Waals surface area contributed by atoms with E-state index in [-0.39, 0.29) is 18.9 Å². The Bertz CT molecular complexity index is 364. The average Bonchev–Trinajstić information content (AvgIpc) is 2.29. The van der Waals surface area contributed by atoms with E-state index in [1.807, 2.05) is 18.0 Å². The SMILES string of the molecule is CN1CC[C@@H](C(F)(F)F)C[C@H]1c1cccnc1. The van der Waals surface area contributed by atoms with Crippen LogP contribution >= 0.6 is 0 Å². The van der Waals surface area contributed by atoms with Crippen molar-refractivity contribution in [2.24, 2.45) is 5.92 Å². The summed E-state index contributed by atoms with van der Waals surface area (Å²) in [5.41, 5.74) is 0.865. The number of aromatic nitrogens is 1. The minimum atomic E-state index is -4.08. The third-order valence-electron chi connectivity index (χ3n) is 3.40. The summed E-state index contributed by atoms with van der Waals surface area (Å²) in [5, 5.41) is 0. The topological polar surface area (TPSA) is 16.1 Å². The predicted octanol–water partition coefficient (Wildman–Crippen LogP) is 3.03. The lowest BCUT2D eigenvalue weighted by molar-refractivity contribution is -0.189. The van der Waals surface area contributed by atoms with E-state index in [9.17, 15) is 13.2 Å². The Balaban J connectivity index is 2.16. The molecular weight excluding hydrogens is 229 g/mol. The molecule has 0 saturated carbocycles. The fourth-order valence-corrected chi connectivity index (χ4v) is 2.34. The maximum Gasteiger partial charge on any atom is 0.391 e. The number of hydrogen-bond acceptors (Lipinski definition) is 2. The molecule has 0 aliphatic carbocycles. The summed E-state index contributed by atoms with van der Waals surface area (Å²) in [7, 11) is 1.87. The van der Waals surface area contributed by atoms with Crippen molar-refractivity contribution in [2.45, 2.75) is 25.1 Å². The monoisotopic (exact) mass is 244 g/mol. The Hall–Kier alpha value is -1.10. The van der Waals surface area contributed by atoms with Gasteiger partial charge in [-0.15, -0.1) is 0 Å². The third-order valence-corrected chi connectivity index (χ3v) is 3.40. The Morgan fingerprint density at radius 3 is 2.76 bits per heavy atom. The molecule has 2 heterocycles. The summed E-state index contributed by atoms with van der Waals surface area (Å²) in [6.45, 7) is 0.476. The smallest absolute Gasteiger partial charge is 0.299 e. The van der Waals surface area contributed by atoms with E-state index in [1.165, 1.54) is 0 Å². The molecular formula is C12H15F3N2. The molecule has 1 saturated heterocycles. The second kappa shape index (κ2) is 4.64. The number of hydrogen-bond donors (Lipinski definition) is 0. The summed E-state index contributed by atoms with van der Waals surface area (Å²) in [6.07, 6.45) is -0.475. The minimum Gasteiger partial charge on any atom is -0.299 e. The second-order valence-electron chi connectivity index (χ2n) is 4.55. The van der Waals surface area contributed by atoms with Gasteiger partial charge in [0.1, 0.15) is 0 Å². The van der Waals surface area contributed by atoms with Crippen LogP contribution in [0.2, 0.25) is 0 Å². The molecule has 0 aromatic carbocycles. The molecule has 1 fully saturated rings. The first-order valence-corrected chi connectivity index (χ1v) is 5.65. The highest BCUT2D eigenvalue weighted by Gasteiger charge is 2.43. The van der Waals surface area contributed by atoms with Gasteiger partial charge >= 0.3 is 6.18 Å². The maximum atomic E-state index is 12.7. The molecule has 2 atom stereocenters. The van der Waals surface area contributed by atoms with Gasteiger partial charge in [-0.1, -0.05) is 6.07 Å². The summed E-state index contributed by atoms with van der Waals surface area (Å²) >= 11 is 0. The van der Waals surface area contributed by atoms with E-state index in [1.54, 1.807) is 18.5 Å². The molecule has 5 heteroatoms. The molecule has 0 unspecified atom stereocenters. The molecule has 1 aromatic heterocycles. The molecule has 0 bridgehead atoms. The van der Waals surface area contributed by atoms with Gasteiger partial charge in [-0.2, -0.15) is 13.2 Å². The van der Waals surface area contributed by atoms with Crippen molar-refractivity contribution in [3.63, 3.8) is 0 Å². The summed E-state index contributed by atoms with van der Waals surface area (Å²) in [4.78, 5) is 5.95. The quantitative estimate of drug-likeness (QED) is 0.755. The minimum absolute atomic E-state index is 0.131. The fraction of sp³-hybridized carbons (Fsp3) is 0.583. The number of pyridine rings is 1. The molecule has 0 amide bonds. The standard InChI is InChI=1S/C12H15F3N2/c1-17-6-4-10(12(13,14)15)7-11(17)9-3-2-5-16-8-9/h2-3,5,8,10-11H,4,6-7H2,1H3/t10-,11+/m1/s1. The molecule has 2 nitrogen and oxygen atoms in total. The fourth-order valence-electron chi connectivity index (χ4n) is 2.34. The van der Waals surface area contributed by atoms with Crippen LogP contribution < -0.4 is 0 Å². The van der Waals surface area contributed by atoms with Crippen molar-refractivity contribution in [2.75, 3.05) is 13.6 Å².